The fraction of sp³-hybridized carbons (Fsp3) is 0.150. The van der Waals surface area contributed by atoms with Crippen LogP contribution in [0, 0.1) is 5.82 Å². The third-order valence-corrected chi connectivity index (χ3v) is 3.87. The molecule has 1 aromatic heterocycles. The lowest BCUT2D eigenvalue weighted by Crippen LogP contribution is -2.22. The zero-order valence-electron chi connectivity index (χ0n) is 14.1. The molecule has 0 aliphatic carbocycles. The van der Waals surface area contributed by atoms with Gasteiger partial charge < -0.3 is 14.6 Å². The lowest BCUT2D eigenvalue weighted by Gasteiger charge is -2.12. The maximum atomic E-state index is 13.8. The van der Waals surface area contributed by atoms with Gasteiger partial charge in [0.25, 0.3) is 5.91 Å². The minimum atomic E-state index is -0.384. The fourth-order valence-electron chi connectivity index (χ4n) is 2.45. The lowest BCUT2D eigenvalue weighted by molar-refractivity contribution is 0.0924. The van der Waals surface area contributed by atoms with Crippen LogP contribution in [0.25, 0.3) is 11.3 Å². The van der Waals surface area contributed by atoms with Gasteiger partial charge in [0.05, 0.1) is 5.56 Å². The number of halogens is 1. The molecule has 25 heavy (non-hydrogen) atoms. The van der Waals surface area contributed by atoms with E-state index in [1.54, 1.807) is 30.3 Å². The molecule has 2 aromatic carbocycles. The highest BCUT2D eigenvalue weighted by Crippen LogP contribution is 2.24. The summed E-state index contributed by atoms with van der Waals surface area (Å²) < 4.78 is 19.3. The summed E-state index contributed by atoms with van der Waals surface area (Å²) in [4.78, 5) is 14.2. The van der Waals surface area contributed by atoms with Crippen LogP contribution < -0.4 is 10.2 Å². The predicted octanol–water partition coefficient (Wildman–Crippen LogP) is 4.08. The van der Waals surface area contributed by atoms with Crippen LogP contribution in [-0.2, 0) is 6.54 Å². The highest BCUT2D eigenvalue weighted by molar-refractivity contribution is 5.92. The van der Waals surface area contributed by atoms with Crippen LogP contribution in [0.2, 0.25) is 0 Å². The van der Waals surface area contributed by atoms with E-state index in [1.165, 1.54) is 6.07 Å². The van der Waals surface area contributed by atoms with Crippen LogP contribution in [0.1, 0.15) is 16.1 Å². The lowest BCUT2D eigenvalue weighted by atomic mass is 10.1. The van der Waals surface area contributed by atoms with Crippen molar-refractivity contribution in [2.24, 2.45) is 0 Å². The maximum Gasteiger partial charge on any atom is 0.287 e. The van der Waals surface area contributed by atoms with Crippen molar-refractivity contribution in [3.63, 3.8) is 0 Å². The van der Waals surface area contributed by atoms with Crippen molar-refractivity contribution in [2.75, 3.05) is 19.0 Å². The van der Waals surface area contributed by atoms with Gasteiger partial charge >= 0.3 is 0 Å². The van der Waals surface area contributed by atoms with Gasteiger partial charge in [-0.05, 0) is 42.0 Å². The van der Waals surface area contributed by atoms with Gasteiger partial charge in [-0.15, -0.1) is 0 Å². The van der Waals surface area contributed by atoms with Gasteiger partial charge in [-0.25, -0.2) is 4.39 Å². The molecule has 0 bridgehead atoms. The number of anilines is 1. The first-order chi connectivity index (χ1) is 12.0. The fourth-order valence-corrected chi connectivity index (χ4v) is 2.45. The van der Waals surface area contributed by atoms with E-state index in [2.05, 4.69) is 5.32 Å². The van der Waals surface area contributed by atoms with Crippen molar-refractivity contribution in [2.45, 2.75) is 6.54 Å². The number of carbonyl (C=O) groups excluding carboxylic acids is 1. The summed E-state index contributed by atoms with van der Waals surface area (Å²) in [6, 6.07) is 17.3. The van der Waals surface area contributed by atoms with Gasteiger partial charge in [-0.3, -0.25) is 4.79 Å². The number of amides is 1. The molecule has 3 rings (SSSR count). The minimum absolute atomic E-state index is 0.156. The number of nitrogens with one attached hydrogen (secondary N) is 1. The van der Waals surface area contributed by atoms with Crippen molar-refractivity contribution >= 4 is 11.6 Å². The molecule has 128 valence electrons. The van der Waals surface area contributed by atoms with Gasteiger partial charge in [-0.2, -0.15) is 0 Å². The van der Waals surface area contributed by atoms with Crippen LogP contribution in [-0.4, -0.2) is 20.0 Å². The largest absolute Gasteiger partial charge is 0.451 e. The molecule has 0 aliphatic heterocycles. The van der Waals surface area contributed by atoms with Crippen molar-refractivity contribution in [1.82, 2.24) is 5.32 Å². The number of hydrogen-bond acceptors (Lipinski definition) is 3. The topological polar surface area (TPSA) is 45.5 Å². The van der Waals surface area contributed by atoms with Crippen LogP contribution in [0.15, 0.2) is 65.1 Å². The third-order valence-electron chi connectivity index (χ3n) is 3.87. The predicted molar refractivity (Wildman–Crippen MR) is 96.0 cm³/mol. The Bertz CT molecular complexity index is 869. The van der Waals surface area contributed by atoms with Crippen molar-refractivity contribution < 1.29 is 13.6 Å². The van der Waals surface area contributed by atoms with E-state index in [-0.39, 0.29) is 17.5 Å². The first kappa shape index (κ1) is 16.8. The summed E-state index contributed by atoms with van der Waals surface area (Å²) in [5.41, 5.74) is 2.41. The summed E-state index contributed by atoms with van der Waals surface area (Å²) >= 11 is 0. The maximum absolute atomic E-state index is 13.8. The normalized spacial score (nSPS) is 10.5. The Morgan fingerprint density at radius 1 is 1.04 bits per heavy atom. The second-order valence-electron chi connectivity index (χ2n) is 5.89. The van der Waals surface area contributed by atoms with Crippen LogP contribution in [0.4, 0.5) is 10.1 Å². The molecule has 0 fully saturated rings. The molecule has 1 amide bonds. The number of furan rings is 1. The zero-order chi connectivity index (χ0) is 17.8. The van der Waals surface area contributed by atoms with E-state index < -0.39 is 0 Å². The Morgan fingerprint density at radius 2 is 1.76 bits per heavy atom. The Morgan fingerprint density at radius 3 is 2.44 bits per heavy atom. The van der Waals surface area contributed by atoms with Crippen molar-refractivity contribution in [3.8, 4) is 11.3 Å². The average molecular weight is 338 g/mol. The Hall–Kier alpha value is -3.08. The molecule has 5 heteroatoms. The van der Waals surface area contributed by atoms with E-state index >= 15 is 0 Å². The monoisotopic (exact) mass is 338 g/mol. The number of nitrogens with zero attached hydrogens (tertiary/aromatic N) is 1. The summed E-state index contributed by atoms with van der Waals surface area (Å²) in [5.74, 6) is -0.231. The summed E-state index contributed by atoms with van der Waals surface area (Å²) in [6.07, 6.45) is 0. The number of rotatable bonds is 5. The minimum Gasteiger partial charge on any atom is -0.451 e. The van der Waals surface area contributed by atoms with Crippen molar-refractivity contribution in [3.05, 3.63) is 77.8 Å². The molecular formula is C20H19FN2O2. The molecule has 0 radical (unpaired) electrons. The zero-order valence-corrected chi connectivity index (χ0v) is 14.1. The number of benzene rings is 2. The van der Waals surface area contributed by atoms with Gasteiger partial charge in [0.1, 0.15) is 11.6 Å². The van der Waals surface area contributed by atoms with Crippen LogP contribution in [0.3, 0.4) is 0 Å². The Kier molecular flexibility index (Phi) is 4.84. The van der Waals surface area contributed by atoms with E-state index in [0.29, 0.717) is 17.9 Å². The van der Waals surface area contributed by atoms with Crippen LogP contribution in [0.5, 0.6) is 0 Å². The van der Waals surface area contributed by atoms with Gasteiger partial charge in [0.15, 0.2) is 5.76 Å². The summed E-state index contributed by atoms with van der Waals surface area (Å²) in [7, 11) is 3.95. The molecule has 0 unspecified atom stereocenters. The standard InChI is InChI=1S/C20H19FN2O2/c1-23(2)15-9-7-14(8-10-15)13-22-20(24)19-12-11-18(25-19)16-5-3-4-6-17(16)21/h3-12H,13H2,1-2H3,(H,22,24). The van der Waals surface area contributed by atoms with Crippen LogP contribution >= 0.6 is 0 Å². The van der Waals surface area contributed by atoms with Gasteiger partial charge in [0.2, 0.25) is 0 Å². The van der Waals surface area contributed by atoms with E-state index in [1.807, 2.05) is 43.3 Å². The molecule has 3 aromatic rings. The average Bonchev–Trinajstić information content (AvgIpc) is 3.10. The van der Waals surface area contributed by atoms with Gasteiger partial charge in [-0.1, -0.05) is 24.3 Å². The Balaban J connectivity index is 1.65. The summed E-state index contributed by atoms with van der Waals surface area (Å²) in [5, 5.41) is 2.80. The molecule has 1 heterocycles. The second-order valence-corrected chi connectivity index (χ2v) is 5.89. The van der Waals surface area contributed by atoms with Crippen molar-refractivity contribution in [1.29, 1.82) is 0 Å². The molecule has 4 nitrogen and oxygen atoms in total. The van der Waals surface area contributed by atoms with Gasteiger partial charge in [0, 0.05) is 26.3 Å². The number of carbonyl (C=O) groups is 1. The summed E-state index contributed by atoms with van der Waals surface area (Å²) in [6.45, 7) is 0.391. The number of hydrogen-bond donors (Lipinski definition) is 1. The quantitative estimate of drug-likeness (QED) is 0.762. The van der Waals surface area contributed by atoms with E-state index in [0.717, 1.165) is 11.3 Å². The highest BCUT2D eigenvalue weighted by Gasteiger charge is 2.14. The first-order valence-electron chi connectivity index (χ1n) is 7.94. The van der Waals surface area contributed by atoms with E-state index in [4.69, 9.17) is 4.42 Å². The third kappa shape index (κ3) is 3.88. The SMILES string of the molecule is CN(C)c1ccc(CNC(=O)c2ccc(-c3ccccc3F)o2)cc1. The molecular weight excluding hydrogens is 319 g/mol. The highest BCUT2D eigenvalue weighted by atomic mass is 19.1. The molecule has 1 N–H and O–H groups in total. The second kappa shape index (κ2) is 7.21. The molecule has 0 saturated carbocycles. The Labute approximate surface area is 145 Å². The van der Waals surface area contributed by atoms with E-state index in [9.17, 15) is 9.18 Å². The first-order valence-corrected chi connectivity index (χ1v) is 7.94. The molecule has 0 spiro atoms. The smallest absolute Gasteiger partial charge is 0.287 e. The molecule has 0 atom stereocenters. The molecule has 0 saturated heterocycles. The molecule has 0 aliphatic rings.